The summed E-state index contributed by atoms with van der Waals surface area (Å²) in [6.45, 7) is 1.47. The van der Waals surface area contributed by atoms with Crippen LogP contribution in [0.3, 0.4) is 0 Å². The molecule has 1 atom stereocenters. The highest BCUT2D eigenvalue weighted by atomic mass is 79.9. The van der Waals surface area contributed by atoms with E-state index >= 15 is 0 Å². The Morgan fingerprint density at radius 3 is 2.48 bits per heavy atom. The number of carbonyl (C=O) groups excluding carboxylic acids is 1. The molecule has 2 aromatic carbocycles. The predicted octanol–water partition coefficient (Wildman–Crippen LogP) is 3.97. The summed E-state index contributed by atoms with van der Waals surface area (Å²) in [5, 5.41) is 2.69. The van der Waals surface area contributed by atoms with Gasteiger partial charge < -0.3 is 10.1 Å². The molecule has 3 nitrogen and oxygen atoms in total. The number of benzene rings is 2. The maximum Gasteiger partial charge on any atom is 0.273 e. The molecule has 0 unspecified atom stereocenters. The number of anilines is 1. The van der Waals surface area contributed by atoms with Gasteiger partial charge in [-0.2, -0.15) is 0 Å². The van der Waals surface area contributed by atoms with Crippen molar-refractivity contribution in [3.05, 3.63) is 58.1 Å². The molecule has 0 aromatic heterocycles. The largest absolute Gasteiger partial charge is 0.471 e. The number of hydrogen-bond acceptors (Lipinski definition) is 2. The fourth-order valence-electron chi connectivity index (χ4n) is 2.22. The lowest BCUT2D eigenvalue weighted by molar-refractivity contribution is -0.131. The average molecular weight is 354 g/mol. The van der Waals surface area contributed by atoms with Gasteiger partial charge in [-0.25, -0.2) is 8.78 Å². The quantitative estimate of drug-likeness (QED) is 0.842. The van der Waals surface area contributed by atoms with Crippen molar-refractivity contribution in [3.63, 3.8) is 0 Å². The first-order chi connectivity index (χ1) is 9.88. The molecule has 0 saturated heterocycles. The Morgan fingerprint density at radius 2 is 1.81 bits per heavy atom. The molecule has 1 N–H and O–H groups in total. The fraction of sp³-hybridized carbons (Fsp3) is 0.133. The zero-order valence-electron chi connectivity index (χ0n) is 10.9. The topological polar surface area (TPSA) is 38.3 Å². The van der Waals surface area contributed by atoms with E-state index in [-0.39, 0.29) is 5.56 Å². The number of amides is 1. The molecule has 1 heterocycles. The zero-order valence-corrected chi connectivity index (χ0v) is 12.5. The van der Waals surface area contributed by atoms with Gasteiger partial charge in [0.15, 0.2) is 0 Å². The summed E-state index contributed by atoms with van der Waals surface area (Å²) in [5.74, 6) is -1.57. The highest BCUT2D eigenvalue weighted by Gasteiger charge is 2.42. The molecule has 1 aliphatic rings. The van der Waals surface area contributed by atoms with E-state index in [0.717, 1.165) is 22.7 Å². The third-order valence-corrected chi connectivity index (χ3v) is 3.84. The zero-order chi connectivity index (χ0) is 15.2. The first kappa shape index (κ1) is 14.0. The molecule has 21 heavy (non-hydrogen) atoms. The van der Waals surface area contributed by atoms with Crippen molar-refractivity contribution in [1.82, 2.24) is 0 Å². The lowest BCUT2D eigenvalue weighted by Crippen LogP contribution is -2.46. The summed E-state index contributed by atoms with van der Waals surface area (Å²) >= 11 is 3.30. The van der Waals surface area contributed by atoms with Crippen LogP contribution >= 0.6 is 15.9 Å². The minimum absolute atomic E-state index is 0.117. The number of rotatable bonds is 1. The number of halogens is 3. The monoisotopic (exact) mass is 353 g/mol. The van der Waals surface area contributed by atoms with Gasteiger partial charge in [-0.05, 0) is 37.3 Å². The van der Waals surface area contributed by atoms with Crippen molar-refractivity contribution >= 4 is 27.5 Å². The fourth-order valence-corrected chi connectivity index (χ4v) is 2.58. The van der Waals surface area contributed by atoms with Crippen molar-refractivity contribution in [2.24, 2.45) is 0 Å². The predicted molar refractivity (Wildman–Crippen MR) is 77.1 cm³/mol. The van der Waals surface area contributed by atoms with Crippen molar-refractivity contribution in [3.8, 4) is 5.75 Å². The molecule has 0 spiro atoms. The van der Waals surface area contributed by atoms with Gasteiger partial charge in [0.05, 0.1) is 5.69 Å². The Bertz CT molecular complexity index is 730. The highest BCUT2D eigenvalue weighted by Crippen LogP contribution is 2.40. The number of fused-ring (bicyclic) bond motifs is 1. The lowest BCUT2D eigenvalue weighted by atomic mass is 9.93. The molecule has 0 bridgehead atoms. The molecule has 0 aliphatic carbocycles. The van der Waals surface area contributed by atoms with Crippen LogP contribution in [-0.4, -0.2) is 5.91 Å². The van der Waals surface area contributed by atoms with E-state index in [1.54, 1.807) is 18.2 Å². The van der Waals surface area contributed by atoms with Crippen molar-refractivity contribution in [2.75, 3.05) is 5.32 Å². The molecule has 6 heteroatoms. The van der Waals surface area contributed by atoms with E-state index in [0.29, 0.717) is 11.4 Å². The normalized spacial score (nSPS) is 20.5. The number of hydrogen-bond donors (Lipinski definition) is 1. The van der Waals surface area contributed by atoms with Crippen LogP contribution in [0.15, 0.2) is 40.9 Å². The van der Waals surface area contributed by atoms with E-state index in [9.17, 15) is 13.6 Å². The summed E-state index contributed by atoms with van der Waals surface area (Å²) < 4.78 is 33.3. The van der Waals surface area contributed by atoms with Crippen molar-refractivity contribution in [1.29, 1.82) is 0 Å². The van der Waals surface area contributed by atoms with E-state index < -0.39 is 23.1 Å². The van der Waals surface area contributed by atoms with Gasteiger partial charge in [0.25, 0.3) is 5.91 Å². The van der Waals surface area contributed by atoms with E-state index in [2.05, 4.69) is 21.2 Å². The maximum atomic E-state index is 13.4. The van der Waals surface area contributed by atoms with Crippen LogP contribution in [0.1, 0.15) is 12.5 Å². The minimum atomic E-state index is -1.50. The Kier molecular flexibility index (Phi) is 3.20. The molecule has 0 saturated carbocycles. The van der Waals surface area contributed by atoms with Gasteiger partial charge in [0, 0.05) is 16.1 Å². The molecular formula is C15H10BrF2NO2. The van der Waals surface area contributed by atoms with Crippen LogP contribution in [0.25, 0.3) is 0 Å². The van der Waals surface area contributed by atoms with Crippen LogP contribution < -0.4 is 10.1 Å². The van der Waals surface area contributed by atoms with Crippen LogP contribution in [-0.2, 0) is 10.4 Å². The summed E-state index contributed by atoms with van der Waals surface area (Å²) in [7, 11) is 0. The van der Waals surface area contributed by atoms with Crippen molar-refractivity contribution in [2.45, 2.75) is 12.5 Å². The average Bonchev–Trinajstić information content (AvgIpc) is 2.39. The molecular weight excluding hydrogens is 344 g/mol. The van der Waals surface area contributed by atoms with Crippen molar-refractivity contribution < 1.29 is 18.3 Å². The SMILES string of the molecule is C[C@@]1(c2cc(F)cc(F)c2)Oc2ccc(Br)cc2NC1=O. The molecule has 1 amide bonds. The van der Waals surface area contributed by atoms with Crippen LogP contribution in [0.5, 0.6) is 5.75 Å². The summed E-state index contributed by atoms with van der Waals surface area (Å²) in [5.41, 5.74) is -0.876. The summed E-state index contributed by atoms with van der Waals surface area (Å²) in [6, 6.07) is 8.05. The molecule has 108 valence electrons. The Labute approximate surface area is 128 Å². The lowest BCUT2D eigenvalue weighted by Gasteiger charge is -2.35. The smallest absolute Gasteiger partial charge is 0.273 e. The summed E-state index contributed by atoms with van der Waals surface area (Å²) in [4.78, 5) is 12.3. The first-order valence-electron chi connectivity index (χ1n) is 6.15. The molecule has 0 radical (unpaired) electrons. The maximum absolute atomic E-state index is 13.4. The van der Waals surface area contributed by atoms with Gasteiger partial charge in [0.2, 0.25) is 5.60 Å². The third-order valence-electron chi connectivity index (χ3n) is 3.35. The summed E-state index contributed by atoms with van der Waals surface area (Å²) in [6.07, 6.45) is 0. The Balaban J connectivity index is 2.09. The Hall–Kier alpha value is -1.95. The second-order valence-electron chi connectivity index (χ2n) is 4.89. The van der Waals surface area contributed by atoms with Gasteiger partial charge in [-0.15, -0.1) is 0 Å². The van der Waals surface area contributed by atoms with E-state index in [1.165, 1.54) is 6.92 Å². The number of ether oxygens (including phenoxy) is 1. The minimum Gasteiger partial charge on any atom is -0.471 e. The van der Waals surface area contributed by atoms with E-state index in [1.807, 2.05) is 0 Å². The number of nitrogens with one attached hydrogen (secondary N) is 1. The Morgan fingerprint density at radius 1 is 1.14 bits per heavy atom. The number of carbonyl (C=O) groups is 1. The third kappa shape index (κ3) is 2.40. The molecule has 2 aromatic rings. The van der Waals surface area contributed by atoms with Gasteiger partial charge >= 0.3 is 0 Å². The standard InChI is InChI=1S/C15H10BrF2NO2/c1-15(8-4-10(17)7-11(18)5-8)14(20)19-12-6-9(16)2-3-13(12)21-15/h2-7H,1H3,(H,19,20)/t15-/m0/s1. The molecule has 1 aliphatic heterocycles. The van der Waals surface area contributed by atoms with Crippen LogP contribution in [0.4, 0.5) is 14.5 Å². The van der Waals surface area contributed by atoms with E-state index in [4.69, 9.17) is 4.74 Å². The van der Waals surface area contributed by atoms with Gasteiger partial charge in [0.1, 0.15) is 17.4 Å². The van der Waals surface area contributed by atoms with Gasteiger partial charge in [-0.1, -0.05) is 15.9 Å². The molecule has 0 fully saturated rings. The van der Waals surface area contributed by atoms with Crippen LogP contribution in [0.2, 0.25) is 0 Å². The van der Waals surface area contributed by atoms with Crippen LogP contribution in [0, 0.1) is 11.6 Å². The highest BCUT2D eigenvalue weighted by molar-refractivity contribution is 9.10. The molecule has 3 rings (SSSR count). The second kappa shape index (κ2) is 4.80. The first-order valence-corrected chi connectivity index (χ1v) is 6.94. The van der Waals surface area contributed by atoms with Gasteiger partial charge in [-0.3, -0.25) is 4.79 Å². The second-order valence-corrected chi connectivity index (χ2v) is 5.80.